The van der Waals surface area contributed by atoms with E-state index in [1.165, 1.54) is 0 Å². The number of hydrogen-bond donors (Lipinski definition) is 0. The molecule has 0 saturated heterocycles. The molecule has 1 atom stereocenters. The lowest BCUT2D eigenvalue weighted by Gasteiger charge is -2.19. The lowest BCUT2D eigenvalue weighted by molar-refractivity contribution is 0.0370. The Morgan fingerprint density at radius 1 is 0.960 bits per heavy atom. The Labute approximate surface area is 147 Å². The largest absolute Gasteiger partial charge is 0.447 e. The minimum absolute atomic E-state index is 0.372. The molecular formula is C21H20N2O2. The van der Waals surface area contributed by atoms with Crippen molar-refractivity contribution in [1.29, 1.82) is 0 Å². The highest BCUT2D eigenvalue weighted by atomic mass is 16.5. The molecule has 2 aromatic carbocycles. The van der Waals surface area contributed by atoms with Crippen LogP contribution in [0.4, 0.5) is 5.69 Å². The molecule has 1 unspecified atom stereocenters. The van der Waals surface area contributed by atoms with Gasteiger partial charge in [0.1, 0.15) is 0 Å². The quantitative estimate of drug-likeness (QED) is 0.660. The fraction of sp³-hybridized carbons (Fsp3) is 0.143. The summed E-state index contributed by atoms with van der Waals surface area (Å²) in [6.45, 7) is 0. The number of nitrogens with zero attached hydrogens (tertiary/aromatic N) is 2. The Morgan fingerprint density at radius 3 is 2.40 bits per heavy atom. The topological polar surface area (TPSA) is 42.4 Å². The van der Waals surface area contributed by atoms with E-state index in [-0.39, 0.29) is 5.97 Å². The molecule has 0 spiro atoms. The summed E-state index contributed by atoms with van der Waals surface area (Å²) in [6.07, 6.45) is 1.16. The number of pyridine rings is 1. The summed E-state index contributed by atoms with van der Waals surface area (Å²) in [4.78, 5) is 19.0. The average Bonchev–Trinajstić information content (AvgIpc) is 2.67. The molecule has 0 aliphatic rings. The molecule has 0 aliphatic heterocycles. The van der Waals surface area contributed by atoms with E-state index < -0.39 is 6.10 Å². The molecule has 0 aliphatic carbocycles. The van der Waals surface area contributed by atoms with Crippen molar-refractivity contribution < 1.29 is 9.53 Å². The summed E-state index contributed by atoms with van der Waals surface area (Å²) in [6, 6.07) is 22.6. The standard InChI is InChI=1S/C21H20N2O2/c1-23(2)18-12-8-11-17(15-18)21(24)25-20(16-9-4-3-5-10-16)19-13-6-7-14-22-19/h3-15,20H,1-2H3. The number of anilines is 1. The van der Waals surface area contributed by atoms with Crippen molar-refractivity contribution in [3.05, 3.63) is 95.8 Å². The number of hydrogen-bond acceptors (Lipinski definition) is 4. The maximum atomic E-state index is 12.7. The number of ether oxygens (including phenoxy) is 1. The molecule has 0 bridgehead atoms. The maximum Gasteiger partial charge on any atom is 0.339 e. The maximum absolute atomic E-state index is 12.7. The first-order chi connectivity index (χ1) is 12.1. The molecule has 0 radical (unpaired) electrons. The van der Waals surface area contributed by atoms with E-state index in [0.717, 1.165) is 11.3 Å². The molecule has 4 heteroatoms. The SMILES string of the molecule is CN(C)c1cccc(C(=O)OC(c2ccccc2)c2ccccn2)c1. The van der Waals surface area contributed by atoms with Gasteiger partial charge in [-0.1, -0.05) is 42.5 Å². The van der Waals surface area contributed by atoms with Crippen LogP contribution in [-0.4, -0.2) is 25.0 Å². The second-order valence-corrected chi connectivity index (χ2v) is 5.90. The van der Waals surface area contributed by atoms with Crippen molar-refractivity contribution in [2.24, 2.45) is 0 Å². The van der Waals surface area contributed by atoms with Gasteiger partial charge in [-0.3, -0.25) is 4.98 Å². The molecule has 0 saturated carbocycles. The summed E-state index contributed by atoms with van der Waals surface area (Å²) < 4.78 is 5.82. The monoisotopic (exact) mass is 332 g/mol. The lowest BCUT2D eigenvalue weighted by atomic mass is 10.1. The molecule has 126 valence electrons. The fourth-order valence-corrected chi connectivity index (χ4v) is 2.54. The van der Waals surface area contributed by atoms with Gasteiger partial charge >= 0.3 is 5.97 Å². The van der Waals surface area contributed by atoms with E-state index >= 15 is 0 Å². The smallest absolute Gasteiger partial charge is 0.339 e. The molecule has 25 heavy (non-hydrogen) atoms. The van der Waals surface area contributed by atoms with E-state index in [0.29, 0.717) is 11.3 Å². The molecule has 1 aromatic heterocycles. The Kier molecular flexibility index (Phi) is 5.09. The summed E-state index contributed by atoms with van der Waals surface area (Å²) in [5, 5.41) is 0. The zero-order valence-electron chi connectivity index (χ0n) is 14.3. The van der Waals surface area contributed by atoms with Gasteiger partial charge in [-0.15, -0.1) is 0 Å². The Morgan fingerprint density at radius 2 is 1.72 bits per heavy atom. The van der Waals surface area contributed by atoms with Gasteiger partial charge in [0.2, 0.25) is 0 Å². The molecule has 3 aromatic rings. The normalized spacial score (nSPS) is 11.6. The Hall–Kier alpha value is -3.14. The third kappa shape index (κ3) is 4.04. The van der Waals surface area contributed by atoms with Gasteiger partial charge in [0.15, 0.2) is 6.10 Å². The van der Waals surface area contributed by atoms with Crippen LogP contribution < -0.4 is 4.90 Å². The van der Waals surface area contributed by atoms with Gasteiger partial charge in [-0.05, 0) is 35.9 Å². The van der Waals surface area contributed by atoms with E-state index in [9.17, 15) is 4.79 Å². The highest BCUT2D eigenvalue weighted by Gasteiger charge is 2.21. The molecule has 0 N–H and O–H groups in total. The van der Waals surface area contributed by atoms with Crippen LogP contribution in [0.25, 0.3) is 0 Å². The molecule has 3 rings (SSSR count). The fourth-order valence-electron chi connectivity index (χ4n) is 2.54. The summed E-state index contributed by atoms with van der Waals surface area (Å²) >= 11 is 0. The van der Waals surface area contributed by atoms with Crippen LogP contribution in [0.1, 0.15) is 27.7 Å². The van der Waals surface area contributed by atoms with Crippen molar-refractivity contribution in [3.8, 4) is 0 Å². The highest BCUT2D eigenvalue weighted by molar-refractivity contribution is 5.90. The number of esters is 1. The van der Waals surface area contributed by atoms with E-state index in [2.05, 4.69) is 4.98 Å². The van der Waals surface area contributed by atoms with Crippen LogP contribution in [0.2, 0.25) is 0 Å². The summed E-state index contributed by atoms with van der Waals surface area (Å²) in [7, 11) is 3.87. The van der Waals surface area contributed by atoms with Crippen molar-refractivity contribution in [2.45, 2.75) is 6.10 Å². The van der Waals surface area contributed by atoms with E-state index in [4.69, 9.17) is 4.74 Å². The molecule has 1 heterocycles. The van der Waals surface area contributed by atoms with Gasteiger partial charge in [-0.25, -0.2) is 4.79 Å². The first-order valence-electron chi connectivity index (χ1n) is 8.09. The molecule has 0 fully saturated rings. The van der Waals surface area contributed by atoms with Crippen LogP contribution in [0, 0.1) is 0 Å². The zero-order chi connectivity index (χ0) is 17.6. The Bertz CT molecular complexity index is 793. The molecule has 0 amide bonds. The van der Waals surface area contributed by atoms with Gasteiger partial charge < -0.3 is 9.64 Å². The number of benzene rings is 2. The minimum atomic E-state index is -0.544. The third-order valence-electron chi connectivity index (χ3n) is 3.88. The van der Waals surface area contributed by atoms with Crippen molar-refractivity contribution >= 4 is 11.7 Å². The Balaban J connectivity index is 1.90. The summed E-state index contributed by atoms with van der Waals surface area (Å²) in [5.41, 5.74) is 3.05. The van der Waals surface area contributed by atoms with Gasteiger partial charge in [0.05, 0.1) is 11.3 Å². The number of carbonyl (C=O) groups is 1. The van der Waals surface area contributed by atoms with Crippen LogP contribution in [-0.2, 0) is 4.74 Å². The van der Waals surface area contributed by atoms with Gasteiger partial charge in [-0.2, -0.15) is 0 Å². The number of rotatable bonds is 5. The first-order valence-corrected chi connectivity index (χ1v) is 8.09. The van der Waals surface area contributed by atoms with E-state index in [1.54, 1.807) is 12.3 Å². The third-order valence-corrected chi connectivity index (χ3v) is 3.88. The first kappa shape index (κ1) is 16.7. The summed E-state index contributed by atoms with van der Waals surface area (Å²) in [5.74, 6) is -0.372. The lowest BCUT2D eigenvalue weighted by Crippen LogP contribution is -2.15. The highest BCUT2D eigenvalue weighted by Crippen LogP contribution is 2.26. The van der Waals surface area contributed by atoms with Crippen LogP contribution >= 0.6 is 0 Å². The van der Waals surface area contributed by atoms with Crippen molar-refractivity contribution in [2.75, 3.05) is 19.0 Å². The molecule has 4 nitrogen and oxygen atoms in total. The second kappa shape index (κ2) is 7.62. The number of aromatic nitrogens is 1. The van der Waals surface area contributed by atoms with Gasteiger partial charge in [0, 0.05) is 26.0 Å². The van der Waals surface area contributed by atoms with Crippen LogP contribution in [0.5, 0.6) is 0 Å². The van der Waals surface area contributed by atoms with Crippen LogP contribution in [0.3, 0.4) is 0 Å². The predicted octanol–water partition coefficient (Wildman–Crippen LogP) is 4.09. The number of carbonyl (C=O) groups excluding carboxylic acids is 1. The van der Waals surface area contributed by atoms with E-state index in [1.807, 2.05) is 85.7 Å². The van der Waals surface area contributed by atoms with Gasteiger partial charge in [0.25, 0.3) is 0 Å². The average molecular weight is 332 g/mol. The van der Waals surface area contributed by atoms with Crippen LogP contribution in [0.15, 0.2) is 79.0 Å². The zero-order valence-corrected chi connectivity index (χ0v) is 14.3. The van der Waals surface area contributed by atoms with Crippen molar-refractivity contribution in [1.82, 2.24) is 4.98 Å². The molecular weight excluding hydrogens is 312 g/mol. The second-order valence-electron chi connectivity index (χ2n) is 5.90. The predicted molar refractivity (Wildman–Crippen MR) is 98.7 cm³/mol. The minimum Gasteiger partial charge on any atom is -0.447 e. The van der Waals surface area contributed by atoms with Crippen molar-refractivity contribution in [3.63, 3.8) is 0 Å².